The number of carbonyl (C=O) groups is 1. The zero-order chi connectivity index (χ0) is 15.9. The number of unbranched alkanes of at least 4 members (excludes halogenated alkanes) is 1. The van der Waals surface area contributed by atoms with Gasteiger partial charge in [0.25, 0.3) is 0 Å². The van der Waals surface area contributed by atoms with Crippen LogP contribution in [0.2, 0.25) is 0 Å². The third kappa shape index (κ3) is 5.45. The molecule has 2 unspecified atom stereocenters. The van der Waals surface area contributed by atoms with Crippen molar-refractivity contribution in [2.24, 2.45) is 11.8 Å². The van der Waals surface area contributed by atoms with Crippen molar-refractivity contribution in [2.45, 2.75) is 40.0 Å². The van der Waals surface area contributed by atoms with Crippen LogP contribution < -0.4 is 4.74 Å². The second-order valence-electron chi connectivity index (χ2n) is 6.85. The second-order valence-corrected chi connectivity index (χ2v) is 6.85. The van der Waals surface area contributed by atoms with Crippen molar-refractivity contribution in [3.8, 4) is 5.75 Å². The first kappa shape index (κ1) is 17.0. The molecule has 0 spiro atoms. The minimum Gasteiger partial charge on any atom is -0.494 e. The number of ether oxygens (including phenoxy) is 1. The number of nitrogens with zero attached hydrogens (tertiary/aromatic N) is 1. The smallest absolute Gasteiger partial charge is 0.159 e. The van der Waals surface area contributed by atoms with Crippen molar-refractivity contribution in [2.75, 3.05) is 26.2 Å². The zero-order valence-electron chi connectivity index (χ0n) is 14.2. The van der Waals surface area contributed by atoms with Gasteiger partial charge in [0, 0.05) is 18.7 Å². The van der Waals surface area contributed by atoms with Gasteiger partial charge < -0.3 is 9.64 Å². The maximum atomic E-state index is 11.3. The first-order valence-electron chi connectivity index (χ1n) is 8.50. The zero-order valence-corrected chi connectivity index (χ0v) is 14.2. The lowest BCUT2D eigenvalue weighted by molar-refractivity contribution is 0.101. The molecule has 0 aromatic heterocycles. The summed E-state index contributed by atoms with van der Waals surface area (Å²) in [6, 6.07) is 7.45. The molecule has 0 N–H and O–H groups in total. The summed E-state index contributed by atoms with van der Waals surface area (Å²) in [5, 5.41) is 0. The van der Waals surface area contributed by atoms with E-state index in [9.17, 15) is 4.79 Å². The van der Waals surface area contributed by atoms with Gasteiger partial charge in [-0.15, -0.1) is 0 Å². The van der Waals surface area contributed by atoms with Crippen LogP contribution in [0.15, 0.2) is 24.3 Å². The highest BCUT2D eigenvalue weighted by atomic mass is 16.5. The van der Waals surface area contributed by atoms with Gasteiger partial charge in [0.15, 0.2) is 5.78 Å². The van der Waals surface area contributed by atoms with Gasteiger partial charge >= 0.3 is 0 Å². The Morgan fingerprint density at radius 2 is 1.95 bits per heavy atom. The Kier molecular flexibility index (Phi) is 6.44. The molecule has 3 nitrogen and oxygen atoms in total. The van der Waals surface area contributed by atoms with Gasteiger partial charge in [0.2, 0.25) is 0 Å². The third-order valence-electron chi connectivity index (χ3n) is 4.32. The molecule has 0 saturated carbocycles. The van der Waals surface area contributed by atoms with Gasteiger partial charge in [-0.1, -0.05) is 26.0 Å². The number of carbonyl (C=O) groups excluding carboxylic acids is 1. The number of likely N-dealkylation sites (tertiary alicyclic amines) is 1. The molecule has 1 saturated heterocycles. The number of Topliss-reactive ketones (excluding diaryl/α,β-unsaturated/α-hetero) is 1. The summed E-state index contributed by atoms with van der Waals surface area (Å²) >= 11 is 0. The van der Waals surface area contributed by atoms with Gasteiger partial charge in [-0.25, -0.2) is 0 Å². The summed E-state index contributed by atoms with van der Waals surface area (Å²) in [5.74, 6) is 2.54. The molecular formula is C19H29NO2. The number of hydrogen-bond acceptors (Lipinski definition) is 3. The summed E-state index contributed by atoms with van der Waals surface area (Å²) in [7, 11) is 0. The number of rotatable bonds is 7. The summed E-state index contributed by atoms with van der Waals surface area (Å²) in [6.45, 7) is 10.7. The molecule has 0 bridgehead atoms. The largest absolute Gasteiger partial charge is 0.494 e. The van der Waals surface area contributed by atoms with Crippen molar-refractivity contribution >= 4 is 5.78 Å². The Morgan fingerprint density at radius 3 is 2.64 bits per heavy atom. The highest BCUT2D eigenvalue weighted by Gasteiger charge is 2.20. The maximum absolute atomic E-state index is 11.3. The van der Waals surface area contributed by atoms with Gasteiger partial charge in [0.05, 0.1) is 6.61 Å². The molecule has 0 amide bonds. The first-order chi connectivity index (χ1) is 10.5. The van der Waals surface area contributed by atoms with Crippen molar-refractivity contribution < 1.29 is 9.53 Å². The van der Waals surface area contributed by atoms with Crippen LogP contribution in [0, 0.1) is 11.8 Å². The lowest BCUT2D eigenvalue weighted by Gasteiger charge is -2.34. The Hall–Kier alpha value is -1.35. The van der Waals surface area contributed by atoms with Crippen molar-refractivity contribution in [1.82, 2.24) is 4.90 Å². The highest BCUT2D eigenvalue weighted by Crippen LogP contribution is 2.21. The Bertz CT molecular complexity index is 476. The number of ketones is 1. The molecule has 22 heavy (non-hydrogen) atoms. The van der Waals surface area contributed by atoms with Crippen LogP contribution in [0.5, 0.6) is 5.75 Å². The van der Waals surface area contributed by atoms with E-state index in [-0.39, 0.29) is 5.78 Å². The highest BCUT2D eigenvalue weighted by molar-refractivity contribution is 5.94. The summed E-state index contributed by atoms with van der Waals surface area (Å²) in [5.41, 5.74) is 0.716. The van der Waals surface area contributed by atoms with Crippen LogP contribution in [-0.4, -0.2) is 36.9 Å². The van der Waals surface area contributed by atoms with Crippen molar-refractivity contribution in [1.29, 1.82) is 0 Å². The quantitative estimate of drug-likeness (QED) is 0.563. The molecule has 1 aliphatic heterocycles. The van der Waals surface area contributed by atoms with Crippen LogP contribution >= 0.6 is 0 Å². The monoisotopic (exact) mass is 303 g/mol. The van der Waals surface area contributed by atoms with E-state index in [4.69, 9.17) is 4.74 Å². The van der Waals surface area contributed by atoms with Crippen LogP contribution in [0.4, 0.5) is 0 Å². The van der Waals surface area contributed by atoms with E-state index in [1.165, 1.54) is 32.5 Å². The topological polar surface area (TPSA) is 29.5 Å². The molecule has 122 valence electrons. The van der Waals surface area contributed by atoms with Crippen LogP contribution in [0.25, 0.3) is 0 Å². The lowest BCUT2D eigenvalue weighted by Crippen LogP contribution is -2.39. The van der Waals surface area contributed by atoms with Gasteiger partial charge in [-0.3, -0.25) is 4.79 Å². The molecular weight excluding hydrogens is 274 g/mol. The summed E-state index contributed by atoms with van der Waals surface area (Å²) in [6.07, 6.45) is 3.60. The maximum Gasteiger partial charge on any atom is 0.159 e. The van der Waals surface area contributed by atoms with E-state index >= 15 is 0 Å². The van der Waals surface area contributed by atoms with Crippen molar-refractivity contribution in [3.05, 3.63) is 29.8 Å². The number of piperidine rings is 1. The standard InChI is InChI=1S/C19H29NO2/c1-15-11-16(2)14-20(13-15)9-4-5-10-22-19-8-6-7-18(12-19)17(3)21/h6-8,12,15-16H,4-5,9-11,13-14H2,1-3H3. The molecule has 2 atom stereocenters. The fraction of sp³-hybridized carbons (Fsp3) is 0.632. The minimum atomic E-state index is 0.0822. The number of hydrogen-bond donors (Lipinski definition) is 0. The minimum absolute atomic E-state index is 0.0822. The fourth-order valence-electron chi connectivity index (χ4n) is 3.41. The molecule has 1 fully saturated rings. The average Bonchev–Trinajstić information content (AvgIpc) is 2.46. The van der Waals surface area contributed by atoms with Crippen LogP contribution in [0.3, 0.4) is 0 Å². The molecule has 1 aromatic carbocycles. The lowest BCUT2D eigenvalue weighted by atomic mass is 9.92. The SMILES string of the molecule is CC(=O)c1cccc(OCCCCN2CC(C)CC(C)C2)c1. The van der Waals surface area contributed by atoms with Gasteiger partial charge in [-0.2, -0.15) is 0 Å². The van der Waals surface area contributed by atoms with Crippen molar-refractivity contribution in [3.63, 3.8) is 0 Å². The van der Waals surface area contributed by atoms with E-state index in [0.717, 1.165) is 30.6 Å². The number of benzene rings is 1. The van der Waals surface area contributed by atoms with Gasteiger partial charge in [-0.05, 0) is 56.7 Å². The van der Waals surface area contributed by atoms with E-state index < -0.39 is 0 Å². The Morgan fingerprint density at radius 1 is 1.23 bits per heavy atom. The second kappa shape index (κ2) is 8.33. The van der Waals surface area contributed by atoms with E-state index in [0.29, 0.717) is 5.56 Å². The molecule has 1 aliphatic rings. The molecule has 0 radical (unpaired) electrons. The summed E-state index contributed by atoms with van der Waals surface area (Å²) in [4.78, 5) is 13.9. The molecule has 1 aromatic rings. The van der Waals surface area contributed by atoms with Gasteiger partial charge in [0.1, 0.15) is 5.75 Å². The first-order valence-corrected chi connectivity index (χ1v) is 8.50. The van der Waals surface area contributed by atoms with Crippen LogP contribution in [-0.2, 0) is 0 Å². The normalized spacial score (nSPS) is 22.5. The third-order valence-corrected chi connectivity index (χ3v) is 4.32. The Labute approximate surface area is 134 Å². The molecule has 0 aliphatic carbocycles. The summed E-state index contributed by atoms with van der Waals surface area (Å²) < 4.78 is 5.76. The molecule has 2 rings (SSSR count). The molecule has 1 heterocycles. The average molecular weight is 303 g/mol. The van der Waals surface area contributed by atoms with E-state index in [1.807, 2.05) is 24.3 Å². The predicted octanol–water partition coefficient (Wildman–Crippen LogP) is 4.03. The van der Waals surface area contributed by atoms with E-state index in [1.54, 1.807) is 6.92 Å². The molecule has 3 heteroatoms. The fourth-order valence-corrected chi connectivity index (χ4v) is 3.41. The predicted molar refractivity (Wildman–Crippen MR) is 90.6 cm³/mol. The van der Waals surface area contributed by atoms with Crippen LogP contribution in [0.1, 0.15) is 50.4 Å². The Balaban J connectivity index is 1.65. The van der Waals surface area contributed by atoms with E-state index in [2.05, 4.69) is 18.7 Å².